The summed E-state index contributed by atoms with van der Waals surface area (Å²) in [7, 11) is 0. The van der Waals surface area contributed by atoms with Crippen molar-refractivity contribution in [3.8, 4) is 0 Å². The first-order valence-electron chi connectivity index (χ1n) is 9.13. The lowest BCUT2D eigenvalue weighted by Crippen LogP contribution is -2.45. The van der Waals surface area contributed by atoms with Crippen molar-refractivity contribution < 1.29 is 4.42 Å². The summed E-state index contributed by atoms with van der Waals surface area (Å²) in [6.07, 6.45) is 10.1. The minimum Gasteiger partial charge on any atom is -0.448 e. The first kappa shape index (κ1) is 16.0. The number of hydrogen-bond acceptors (Lipinski definition) is 4. The van der Waals surface area contributed by atoms with Gasteiger partial charge in [0.1, 0.15) is 6.26 Å². The topological polar surface area (TPSA) is 32.5 Å². The van der Waals surface area contributed by atoms with E-state index in [1.165, 1.54) is 64.7 Å². The zero-order valence-electron chi connectivity index (χ0n) is 14.3. The lowest BCUT2D eigenvalue weighted by Gasteiger charge is -2.37. The Hall–Kier alpha value is -0.870. The lowest BCUT2D eigenvalue weighted by molar-refractivity contribution is 0.106. The van der Waals surface area contributed by atoms with Crippen molar-refractivity contribution in [2.45, 2.75) is 70.9 Å². The molecule has 0 atom stereocenters. The summed E-state index contributed by atoms with van der Waals surface area (Å²) in [5, 5.41) is 0. The highest BCUT2D eigenvalue weighted by atomic mass is 16.3. The van der Waals surface area contributed by atoms with Crippen LogP contribution in [0, 0.1) is 0 Å². The minimum atomic E-state index is 0.377. The number of hydrogen-bond donors (Lipinski definition) is 0. The van der Waals surface area contributed by atoms with Crippen molar-refractivity contribution in [2.75, 3.05) is 26.2 Å². The standard InChI is InChI=1S/C18H31N3O/c1-15(2)18-19-16(14-22-18)13-20-11-7-17(8-12-20)21-9-5-3-4-6-10-21/h14-15,17H,3-13H2,1-2H3. The predicted molar refractivity (Wildman–Crippen MR) is 88.9 cm³/mol. The van der Waals surface area contributed by atoms with Gasteiger partial charge in [-0.1, -0.05) is 26.7 Å². The molecule has 0 spiro atoms. The average Bonchev–Trinajstić information content (AvgIpc) is 2.82. The van der Waals surface area contributed by atoms with Gasteiger partial charge < -0.3 is 9.32 Å². The molecule has 4 nitrogen and oxygen atoms in total. The van der Waals surface area contributed by atoms with Crippen LogP contribution < -0.4 is 0 Å². The molecule has 0 bridgehead atoms. The number of piperidine rings is 1. The maximum atomic E-state index is 5.55. The normalized spacial score (nSPS) is 23.0. The fraction of sp³-hybridized carbons (Fsp3) is 0.833. The summed E-state index contributed by atoms with van der Waals surface area (Å²) in [6.45, 7) is 10.3. The van der Waals surface area contributed by atoms with Crippen molar-refractivity contribution in [1.82, 2.24) is 14.8 Å². The third-order valence-corrected chi connectivity index (χ3v) is 5.16. The summed E-state index contributed by atoms with van der Waals surface area (Å²) < 4.78 is 5.55. The molecule has 22 heavy (non-hydrogen) atoms. The molecule has 0 radical (unpaired) electrons. The van der Waals surface area contributed by atoms with E-state index in [0.717, 1.165) is 24.2 Å². The van der Waals surface area contributed by atoms with Crippen molar-refractivity contribution in [3.05, 3.63) is 17.8 Å². The van der Waals surface area contributed by atoms with Gasteiger partial charge in [0.25, 0.3) is 0 Å². The second-order valence-electron chi connectivity index (χ2n) is 7.29. The molecule has 0 amide bonds. The number of rotatable bonds is 4. The lowest BCUT2D eigenvalue weighted by atomic mass is 10.0. The van der Waals surface area contributed by atoms with Crippen LogP contribution in [0.25, 0.3) is 0 Å². The Morgan fingerprint density at radius 2 is 1.77 bits per heavy atom. The second-order valence-corrected chi connectivity index (χ2v) is 7.29. The molecule has 0 aromatic carbocycles. The summed E-state index contributed by atoms with van der Waals surface area (Å²) >= 11 is 0. The van der Waals surface area contributed by atoms with Gasteiger partial charge in [-0.05, 0) is 38.8 Å². The van der Waals surface area contributed by atoms with Crippen molar-refractivity contribution in [2.24, 2.45) is 0 Å². The van der Waals surface area contributed by atoms with Crippen LogP contribution in [0.15, 0.2) is 10.7 Å². The minimum absolute atomic E-state index is 0.377. The van der Waals surface area contributed by atoms with E-state index in [9.17, 15) is 0 Å². The molecule has 1 aromatic heterocycles. The van der Waals surface area contributed by atoms with Crippen LogP contribution in [0.5, 0.6) is 0 Å². The van der Waals surface area contributed by atoms with E-state index in [2.05, 4.69) is 28.6 Å². The summed E-state index contributed by atoms with van der Waals surface area (Å²) in [5.74, 6) is 1.25. The fourth-order valence-corrected chi connectivity index (χ4v) is 3.79. The van der Waals surface area contributed by atoms with Crippen LogP contribution in [-0.2, 0) is 6.54 Å². The Balaban J connectivity index is 1.46. The Morgan fingerprint density at radius 3 is 2.36 bits per heavy atom. The number of aromatic nitrogens is 1. The molecule has 3 rings (SSSR count). The van der Waals surface area contributed by atoms with E-state index in [1.807, 2.05) is 6.26 Å². The summed E-state index contributed by atoms with van der Waals surface area (Å²) in [5.41, 5.74) is 1.09. The van der Waals surface area contributed by atoms with Crippen LogP contribution in [0.3, 0.4) is 0 Å². The monoisotopic (exact) mass is 305 g/mol. The van der Waals surface area contributed by atoms with Crippen molar-refractivity contribution >= 4 is 0 Å². The van der Waals surface area contributed by atoms with Gasteiger partial charge in [-0.2, -0.15) is 0 Å². The Kier molecular flexibility index (Phi) is 5.53. The van der Waals surface area contributed by atoms with Gasteiger partial charge in [0.2, 0.25) is 0 Å². The fourth-order valence-electron chi connectivity index (χ4n) is 3.79. The molecule has 0 saturated carbocycles. The highest BCUT2D eigenvalue weighted by Crippen LogP contribution is 2.22. The Morgan fingerprint density at radius 1 is 1.09 bits per heavy atom. The molecule has 1 aromatic rings. The largest absolute Gasteiger partial charge is 0.448 e. The molecule has 2 aliphatic heterocycles. The van der Waals surface area contributed by atoms with E-state index < -0.39 is 0 Å². The van der Waals surface area contributed by atoms with E-state index in [-0.39, 0.29) is 0 Å². The summed E-state index contributed by atoms with van der Waals surface area (Å²) in [4.78, 5) is 9.91. The predicted octanol–water partition coefficient (Wildman–Crippen LogP) is 3.64. The van der Waals surface area contributed by atoms with Gasteiger partial charge in [-0.3, -0.25) is 4.90 Å². The highest BCUT2D eigenvalue weighted by Gasteiger charge is 2.25. The third kappa shape index (κ3) is 4.11. The van der Waals surface area contributed by atoms with Crippen LogP contribution in [0.1, 0.15) is 69.9 Å². The Labute approximate surface area is 134 Å². The van der Waals surface area contributed by atoms with Crippen molar-refractivity contribution in [3.63, 3.8) is 0 Å². The number of oxazole rings is 1. The smallest absolute Gasteiger partial charge is 0.196 e. The van der Waals surface area contributed by atoms with Gasteiger partial charge in [-0.15, -0.1) is 0 Å². The first-order valence-corrected chi connectivity index (χ1v) is 9.13. The molecule has 4 heteroatoms. The van der Waals surface area contributed by atoms with E-state index in [0.29, 0.717) is 5.92 Å². The van der Waals surface area contributed by atoms with E-state index in [4.69, 9.17) is 4.42 Å². The Bertz CT molecular complexity index is 441. The highest BCUT2D eigenvalue weighted by molar-refractivity contribution is 4.99. The molecular formula is C18H31N3O. The number of nitrogens with zero attached hydrogens (tertiary/aromatic N) is 3. The molecule has 3 heterocycles. The molecule has 0 N–H and O–H groups in total. The zero-order valence-corrected chi connectivity index (χ0v) is 14.3. The van der Waals surface area contributed by atoms with E-state index >= 15 is 0 Å². The van der Waals surface area contributed by atoms with Gasteiger partial charge in [0, 0.05) is 31.6 Å². The summed E-state index contributed by atoms with van der Waals surface area (Å²) in [6, 6.07) is 0.817. The van der Waals surface area contributed by atoms with E-state index in [1.54, 1.807) is 0 Å². The van der Waals surface area contributed by atoms with Crippen LogP contribution >= 0.6 is 0 Å². The molecule has 2 fully saturated rings. The zero-order chi connectivity index (χ0) is 15.4. The SMILES string of the molecule is CC(C)c1nc(CN2CCC(N3CCCCCC3)CC2)co1. The van der Waals surface area contributed by atoms with Crippen LogP contribution in [0.4, 0.5) is 0 Å². The maximum absolute atomic E-state index is 5.55. The van der Waals surface area contributed by atoms with Crippen LogP contribution in [0.2, 0.25) is 0 Å². The maximum Gasteiger partial charge on any atom is 0.196 e. The quantitative estimate of drug-likeness (QED) is 0.850. The molecular weight excluding hydrogens is 274 g/mol. The average molecular weight is 305 g/mol. The third-order valence-electron chi connectivity index (χ3n) is 5.16. The second kappa shape index (κ2) is 7.60. The molecule has 0 aliphatic carbocycles. The molecule has 2 saturated heterocycles. The van der Waals surface area contributed by atoms with Gasteiger partial charge in [0.05, 0.1) is 5.69 Å². The molecule has 124 valence electrons. The van der Waals surface area contributed by atoms with Gasteiger partial charge in [-0.25, -0.2) is 4.98 Å². The number of likely N-dealkylation sites (tertiary alicyclic amines) is 2. The van der Waals surface area contributed by atoms with Gasteiger partial charge in [0.15, 0.2) is 5.89 Å². The molecule has 2 aliphatic rings. The van der Waals surface area contributed by atoms with Crippen molar-refractivity contribution in [1.29, 1.82) is 0 Å². The first-order chi connectivity index (χ1) is 10.7. The molecule has 0 unspecified atom stereocenters. The van der Waals surface area contributed by atoms with Gasteiger partial charge >= 0.3 is 0 Å². The van der Waals surface area contributed by atoms with Crippen LogP contribution in [-0.4, -0.2) is 47.0 Å².